The fourth-order valence-electron chi connectivity index (χ4n) is 2.78. The highest BCUT2D eigenvalue weighted by molar-refractivity contribution is 7.18. The zero-order valence-corrected chi connectivity index (χ0v) is 13.8. The van der Waals surface area contributed by atoms with E-state index in [9.17, 15) is 0 Å². The number of aromatic nitrogens is 1. The van der Waals surface area contributed by atoms with E-state index in [4.69, 9.17) is 9.47 Å². The number of rotatable bonds is 4. The number of benzene rings is 2. The monoisotopic (exact) mass is 326 g/mol. The van der Waals surface area contributed by atoms with Gasteiger partial charge in [0.1, 0.15) is 17.7 Å². The van der Waals surface area contributed by atoms with E-state index < -0.39 is 0 Å². The molecule has 4 rings (SSSR count). The van der Waals surface area contributed by atoms with Crippen LogP contribution in [0, 0.1) is 0 Å². The molecule has 0 aliphatic carbocycles. The first-order valence-corrected chi connectivity index (χ1v) is 8.51. The maximum atomic E-state index is 6.02. The van der Waals surface area contributed by atoms with Crippen LogP contribution in [0.1, 0.15) is 5.01 Å². The lowest BCUT2D eigenvalue weighted by atomic mass is 10.2. The number of ether oxygens (including phenoxy) is 2. The molecule has 2 aromatic carbocycles. The Morgan fingerprint density at radius 2 is 1.91 bits per heavy atom. The van der Waals surface area contributed by atoms with Gasteiger partial charge < -0.3 is 9.47 Å². The molecule has 23 heavy (non-hydrogen) atoms. The van der Waals surface area contributed by atoms with Crippen molar-refractivity contribution in [3.63, 3.8) is 0 Å². The molecule has 0 bridgehead atoms. The van der Waals surface area contributed by atoms with Crippen molar-refractivity contribution >= 4 is 21.6 Å². The normalized spacial score (nSPS) is 16.9. The summed E-state index contributed by atoms with van der Waals surface area (Å²) in [4.78, 5) is 6.92. The van der Waals surface area contributed by atoms with Crippen molar-refractivity contribution in [2.45, 2.75) is 12.6 Å². The summed E-state index contributed by atoms with van der Waals surface area (Å²) in [5.74, 6) is 1.66. The first kappa shape index (κ1) is 14.5. The molecule has 0 amide bonds. The van der Waals surface area contributed by atoms with Gasteiger partial charge in [-0.3, -0.25) is 4.90 Å². The van der Waals surface area contributed by atoms with Crippen molar-refractivity contribution in [2.75, 3.05) is 20.2 Å². The summed E-state index contributed by atoms with van der Waals surface area (Å²) < 4.78 is 13.0. The molecular weight excluding hydrogens is 308 g/mol. The Morgan fingerprint density at radius 3 is 2.78 bits per heavy atom. The predicted octanol–water partition coefficient (Wildman–Crippen LogP) is 3.57. The van der Waals surface area contributed by atoms with Crippen LogP contribution in [-0.4, -0.2) is 36.2 Å². The third-order valence-electron chi connectivity index (χ3n) is 3.83. The smallest absolute Gasteiger partial charge is 0.161 e. The van der Waals surface area contributed by atoms with Gasteiger partial charge in [0, 0.05) is 6.54 Å². The highest BCUT2D eigenvalue weighted by Gasteiger charge is 2.22. The van der Waals surface area contributed by atoms with Crippen molar-refractivity contribution in [1.82, 2.24) is 9.88 Å². The second-order valence-corrected chi connectivity index (χ2v) is 6.88. The predicted molar refractivity (Wildman–Crippen MR) is 92.3 cm³/mol. The number of fused-ring (bicyclic) bond motifs is 2. The van der Waals surface area contributed by atoms with Crippen LogP contribution in [0.5, 0.6) is 11.5 Å². The fraction of sp³-hybridized carbons (Fsp3) is 0.278. The van der Waals surface area contributed by atoms with E-state index in [2.05, 4.69) is 35.1 Å². The fourth-order valence-corrected chi connectivity index (χ4v) is 3.83. The molecule has 1 aromatic heterocycles. The molecule has 4 nitrogen and oxygen atoms in total. The molecular formula is C18H18N2O2S. The SMILES string of the molecule is CN(Cc1nc2ccccc2s1)C[C@@H]1COc2ccccc2O1. The van der Waals surface area contributed by atoms with Gasteiger partial charge >= 0.3 is 0 Å². The Hall–Kier alpha value is -2.11. The summed E-state index contributed by atoms with van der Waals surface area (Å²) in [6.45, 7) is 2.21. The van der Waals surface area contributed by atoms with Gasteiger partial charge in [0.25, 0.3) is 0 Å². The van der Waals surface area contributed by atoms with Crippen LogP contribution in [-0.2, 0) is 6.54 Å². The van der Waals surface area contributed by atoms with Crippen molar-refractivity contribution in [2.24, 2.45) is 0 Å². The highest BCUT2D eigenvalue weighted by Crippen LogP contribution is 2.31. The van der Waals surface area contributed by atoms with Gasteiger partial charge in [0.2, 0.25) is 0 Å². The Kier molecular flexibility index (Phi) is 3.89. The minimum absolute atomic E-state index is 0.0456. The summed E-state index contributed by atoms with van der Waals surface area (Å²) in [6.07, 6.45) is 0.0456. The van der Waals surface area contributed by atoms with Crippen LogP contribution < -0.4 is 9.47 Å². The van der Waals surface area contributed by atoms with E-state index in [1.54, 1.807) is 11.3 Å². The number of hydrogen-bond donors (Lipinski definition) is 0. The molecule has 0 saturated carbocycles. The molecule has 0 unspecified atom stereocenters. The van der Waals surface area contributed by atoms with Gasteiger partial charge in [-0.15, -0.1) is 11.3 Å². The molecule has 0 fully saturated rings. The summed E-state index contributed by atoms with van der Waals surface area (Å²) in [5, 5.41) is 1.13. The second-order valence-electron chi connectivity index (χ2n) is 5.77. The Bertz CT molecular complexity index is 784. The zero-order chi connectivity index (χ0) is 15.6. The standard InChI is InChI=1S/C18H18N2O2S/c1-20(11-18-19-14-6-2-5-9-17(14)23-18)10-13-12-21-15-7-3-4-8-16(15)22-13/h2-9,13H,10-12H2,1H3/t13-/m1/s1. The van der Waals surface area contributed by atoms with E-state index in [1.807, 2.05) is 30.3 Å². The minimum atomic E-state index is 0.0456. The summed E-state index contributed by atoms with van der Waals surface area (Å²) in [6, 6.07) is 16.1. The molecule has 1 atom stereocenters. The minimum Gasteiger partial charge on any atom is -0.486 e. The Labute approximate surface area is 139 Å². The molecule has 0 spiro atoms. The van der Waals surface area contributed by atoms with Crippen molar-refractivity contribution in [3.8, 4) is 11.5 Å². The van der Waals surface area contributed by atoms with Crippen LogP contribution in [0.3, 0.4) is 0 Å². The lowest BCUT2D eigenvalue weighted by Crippen LogP contribution is -2.39. The molecule has 2 heterocycles. The summed E-state index contributed by atoms with van der Waals surface area (Å²) in [7, 11) is 2.09. The molecule has 3 aromatic rings. The first-order chi connectivity index (χ1) is 11.3. The maximum absolute atomic E-state index is 6.02. The van der Waals surface area contributed by atoms with Gasteiger partial charge in [-0.2, -0.15) is 0 Å². The molecule has 1 aliphatic heterocycles. The molecule has 1 aliphatic rings. The highest BCUT2D eigenvalue weighted by atomic mass is 32.1. The van der Waals surface area contributed by atoms with E-state index in [1.165, 1.54) is 4.70 Å². The number of nitrogens with zero attached hydrogens (tertiary/aromatic N) is 2. The maximum Gasteiger partial charge on any atom is 0.161 e. The van der Waals surface area contributed by atoms with Crippen LogP contribution in [0.15, 0.2) is 48.5 Å². The number of para-hydroxylation sites is 3. The lowest BCUT2D eigenvalue weighted by molar-refractivity contribution is 0.0638. The third kappa shape index (κ3) is 3.16. The molecule has 5 heteroatoms. The van der Waals surface area contributed by atoms with Gasteiger partial charge in [0.15, 0.2) is 11.5 Å². The number of hydrogen-bond acceptors (Lipinski definition) is 5. The van der Waals surface area contributed by atoms with Crippen LogP contribution in [0.25, 0.3) is 10.2 Å². The Morgan fingerprint density at radius 1 is 1.13 bits per heavy atom. The molecule has 0 saturated heterocycles. The van der Waals surface area contributed by atoms with Crippen molar-refractivity contribution < 1.29 is 9.47 Å². The van der Waals surface area contributed by atoms with E-state index >= 15 is 0 Å². The number of thiazole rings is 1. The van der Waals surface area contributed by atoms with E-state index in [0.29, 0.717) is 6.61 Å². The van der Waals surface area contributed by atoms with Crippen molar-refractivity contribution in [3.05, 3.63) is 53.5 Å². The Balaban J connectivity index is 1.39. The van der Waals surface area contributed by atoms with Crippen LogP contribution >= 0.6 is 11.3 Å². The van der Waals surface area contributed by atoms with Crippen molar-refractivity contribution in [1.29, 1.82) is 0 Å². The molecule has 118 valence electrons. The molecule has 0 radical (unpaired) electrons. The van der Waals surface area contributed by atoms with Crippen LogP contribution in [0.2, 0.25) is 0 Å². The topological polar surface area (TPSA) is 34.6 Å². The average Bonchev–Trinajstić information content (AvgIpc) is 2.96. The van der Waals surface area contributed by atoms with E-state index in [0.717, 1.165) is 35.1 Å². The van der Waals surface area contributed by atoms with Crippen LogP contribution in [0.4, 0.5) is 0 Å². The lowest BCUT2D eigenvalue weighted by Gasteiger charge is -2.29. The first-order valence-electron chi connectivity index (χ1n) is 7.69. The summed E-state index contributed by atoms with van der Waals surface area (Å²) >= 11 is 1.75. The quantitative estimate of drug-likeness (QED) is 0.734. The van der Waals surface area contributed by atoms with Gasteiger partial charge in [-0.25, -0.2) is 4.98 Å². The largest absolute Gasteiger partial charge is 0.486 e. The zero-order valence-electron chi connectivity index (χ0n) is 12.9. The number of likely N-dealkylation sites (N-methyl/N-ethyl adjacent to an activating group) is 1. The summed E-state index contributed by atoms with van der Waals surface area (Å²) in [5.41, 5.74) is 1.08. The van der Waals surface area contributed by atoms with Gasteiger partial charge in [0.05, 0.1) is 16.8 Å². The third-order valence-corrected chi connectivity index (χ3v) is 4.85. The van der Waals surface area contributed by atoms with Gasteiger partial charge in [-0.1, -0.05) is 24.3 Å². The molecule has 0 N–H and O–H groups in total. The second kappa shape index (κ2) is 6.18. The van der Waals surface area contributed by atoms with Gasteiger partial charge in [-0.05, 0) is 31.3 Å². The van der Waals surface area contributed by atoms with E-state index in [-0.39, 0.29) is 6.10 Å². The average molecular weight is 326 g/mol.